The second-order valence-corrected chi connectivity index (χ2v) is 3.15. The fourth-order valence-electron chi connectivity index (χ4n) is 1.18. The van der Waals surface area contributed by atoms with Crippen molar-refractivity contribution < 1.29 is 8.78 Å². The Morgan fingerprint density at radius 3 is 1.83 bits per heavy atom. The van der Waals surface area contributed by atoms with Crippen molar-refractivity contribution in [3.05, 3.63) is 6.92 Å². The van der Waals surface area contributed by atoms with Crippen LogP contribution in [0.3, 0.4) is 0 Å². The molecule has 0 heterocycles. The van der Waals surface area contributed by atoms with E-state index in [1.54, 1.807) is 0 Å². The second kappa shape index (κ2) is 8.95. The molecule has 0 saturated carbocycles. The second-order valence-electron chi connectivity index (χ2n) is 3.15. The molecule has 2 heteroatoms. The Morgan fingerprint density at radius 2 is 1.33 bits per heavy atom. The topological polar surface area (TPSA) is 0 Å². The van der Waals surface area contributed by atoms with E-state index in [1.165, 1.54) is 19.3 Å². The van der Waals surface area contributed by atoms with Crippen LogP contribution in [0.1, 0.15) is 51.4 Å². The summed E-state index contributed by atoms with van der Waals surface area (Å²) in [5.74, 6) is 0. The van der Waals surface area contributed by atoms with Crippen LogP contribution in [0.15, 0.2) is 0 Å². The number of hydrogen-bond donors (Lipinski definition) is 0. The van der Waals surface area contributed by atoms with Gasteiger partial charge >= 0.3 is 0 Å². The van der Waals surface area contributed by atoms with Crippen LogP contribution in [-0.4, -0.2) is 6.43 Å². The van der Waals surface area contributed by atoms with Crippen molar-refractivity contribution in [2.75, 3.05) is 0 Å². The van der Waals surface area contributed by atoms with E-state index >= 15 is 0 Å². The SMILES string of the molecule is [CH2]CCCCCCCCC(F)F. The van der Waals surface area contributed by atoms with Gasteiger partial charge in [-0.1, -0.05) is 45.4 Å². The molecule has 0 spiro atoms. The Morgan fingerprint density at radius 1 is 0.833 bits per heavy atom. The average Bonchev–Trinajstić information content (AvgIpc) is 2.02. The van der Waals surface area contributed by atoms with E-state index in [1.807, 2.05) is 0 Å². The Hall–Kier alpha value is -0.140. The molecule has 0 aliphatic rings. The Bertz CT molecular complexity index is 81.9. The summed E-state index contributed by atoms with van der Waals surface area (Å²) in [6.45, 7) is 3.74. The van der Waals surface area contributed by atoms with Crippen molar-refractivity contribution in [1.82, 2.24) is 0 Å². The van der Waals surface area contributed by atoms with Crippen molar-refractivity contribution in [3.63, 3.8) is 0 Å². The van der Waals surface area contributed by atoms with Crippen molar-refractivity contribution >= 4 is 0 Å². The lowest BCUT2D eigenvalue weighted by molar-refractivity contribution is 0.133. The van der Waals surface area contributed by atoms with Gasteiger partial charge in [0.15, 0.2) is 0 Å². The lowest BCUT2D eigenvalue weighted by Gasteiger charge is -2.00. The zero-order chi connectivity index (χ0) is 9.23. The number of rotatable bonds is 8. The summed E-state index contributed by atoms with van der Waals surface area (Å²) >= 11 is 0. The van der Waals surface area contributed by atoms with Crippen LogP contribution in [0.2, 0.25) is 0 Å². The molecular formula is C10H19F2. The average molecular weight is 177 g/mol. The molecule has 0 nitrogen and oxygen atoms in total. The molecule has 0 bridgehead atoms. The minimum atomic E-state index is -2.11. The summed E-state index contributed by atoms with van der Waals surface area (Å²) in [6, 6.07) is 0. The van der Waals surface area contributed by atoms with Gasteiger partial charge < -0.3 is 0 Å². The van der Waals surface area contributed by atoms with Crippen LogP contribution < -0.4 is 0 Å². The van der Waals surface area contributed by atoms with E-state index < -0.39 is 6.43 Å². The molecule has 0 aliphatic heterocycles. The standard InChI is InChI=1S/C10H19F2/c1-2-3-4-5-6-7-8-9-10(11)12/h10H,1-9H2. The van der Waals surface area contributed by atoms with Gasteiger partial charge in [0.05, 0.1) is 0 Å². The Balaban J connectivity index is 2.82. The summed E-state index contributed by atoms with van der Waals surface area (Å²) in [5, 5.41) is 0. The van der Waals surface area contributed by atoms with Crippen LogP contribution in [0, 0.1) is 6.92 Å². The Kier molecular flexibility index (Phi) is 8.85. The molecule has 12 heavy (non-hydrogen) atoms. The maximum absolute atomic E-state index is 11.7. The quantitative estimate of drug-likeness (QED) is 0.487. The number of halogens is 2. The van der Waals surface area contributed by atoms with Crippen LogP contribution >= 0.6 is 0 Å². The van der Waals surface area contributed by atoms with Gasteiger partial charge in [-0.2, -0.15) is 0 Å². The molecule has 0 N–H and O–H groups in total. The van der Waals surface area contributed by atoms with E-state index in [9.17, 15) is 8.78 Å². The highest BCUT2D eigenvalue weighted by Gasteiger charge is 2.00. The lowest BCUT2D eigenvalue weighted by atomic mass is 10.1. The minimum absolute atomic E-state index is 0.0787. The molecule has 0 unspecified atom stereocenters. The van der Waals surface area contributed by atoms with E-state index in [2.05, 4.69) is 6.92 Å². The molecule has 0 fully saturated rings. The van der Waals surface area contributed by atoms with Gasteiger partial charge in [-0.25, -0.2) is 8.78 Å². The van der Waals surface area contributed by atoms with E-state index in [0.717, 1.165) is 19.3 Å². The summed E-state index contributed by atoms with van der Waals surface area (Å²) in [5.41, 5.74) is 0. The third kappa shape index (κ3) is 9.86. The predicted molar refractivity (Wildman–Crippen MR) is 48.3 cm³/mol. The normalized spacial score (nSPS) is 11.0. The van der Waals surface area contributed by atoms with E-state index in [0.29, 0.717) is 6.42 Å². The molecule has 0 amide bonds. The van der Waals surface area contributed by atoms with Crippen LogP contribution in [0.4, 0.5) is 8.78 Å². The summed E-state index contributed by atoms with van der Waals surface area (Å²) < 4.78 is 23.3. The Labute approximate surface area is 74.4 Å². The highest BCUT2D eigenvalue weighted by molar-refractivity contribution is 4.48. The van der Waals surface area contributed by atoms with Gasteiger partial charge in [-0.05, 0) is 6.42 Å². The molecule has 0 rings (SSSR count). The van der Waals surface area contributed by atoms with Gasteiger partial charge in [0.25, 0.3) is 0 Å². The van der Waals surface area contributed by atoms with Gasteiger partial charge in [-0.3, -0.25) is 0 Å². The fraction of sp³-hybridized carbons (Fsp3) is 0.900. The highest BCUT2D eigenvalue weighted by Crippen LogP contribution is 2.11. The van der Waals surface area contributed by atoms with Gasteiger partial charge in [0.2, 0.25) is 6.43 Å². The summed E-state index contributed by atoms with van der Waals surface area (Å²) in [6.07, 6.45) is 5.28. The zero-order valence-corrected chi connectivity index (χ0v) is 7.70. The molecule has 0 saturated heterocycles. The van der Waals surface area contributed by atoms with Gasteiger partial charge in [0.1, 0.15) is 0 Å². The fourth-order valence-corrected chi connectivity index (χ4v) is 1.18. The van der Waals surface area contributed by atoms with Crippen molar-refractivity contribution in [3.8, 4) is 0 Å². The summed E-state index contributed by atoms with van der Waals surface area (Å²) in [4.78, 5) is 0. The maximum atomic E-state index is 11.7. The smallest absolute Gasteiger partial charge is 0.211 e. The van der Waals surface area contributed by atoms with Crippen LogP contribution in [-0.2, 0) is 0 Å². The van der Waals surface area contributed by atoms with Crippen molar-refractivity contribution in [2.45, 2.75) is 57.8 Å². The third-order valence-corrected chi connectivity index (χ3v) is 1.92. The first kappa shape index (κ1) is 11.9. The first-order valence-corrected chi connectivity index (χ1v) is 4.84. The molecule has 0 atom stereocenters. The van der Waals surface area contributed by atoms with Gasteiger partial charge in [-0.15, -0.1) is 0 Å². The van der Waals surface area contributed by atoms with Crippen LogP contribution in [0.5, 0.6) is 0 Å². The molecule has 1 radical (unpaired) electrons. The number of hydrogen-bond acceptors (Lipinski definition) is 0. The van der Waals surface area contributed by atoms with E-state index in [4.69, 9.17) is 0 Å². The lowest BCUT2D eigenvalue weighted by Crippen LogP contribution is -1.89. The van der Waals surface area contributed by atoms with Crippen LogP contribution in [0.25, 0.3) is 0 Å². The number of alkyl halides is 2. The molecule has 0 aromatic rings. The maximum Gasteiger partial charge on any atom is 0.238 e. The highest BCUT2D eigenvalue weighted by atomic mass is 19.3. The first-order valence-electron chi connectivity index (χ1n) is 4.84. The zero-order valence-electron chi connectivity index (χ0n) is 7.70. The molecule has 0 aliphatic carbocycles. The molecule has 0 aromatic carbocycles. The van der Waals surface area contributed by atoms with Crippen molar-refractivity contribution in [2.24, 2.45) is 0 Å². The van der Waals surface area contributed by atoms with Crippen molar-refractivity contribution in [1.29, 1.82) is 0 Å². The van der Waals surface area contributed by atoms with Gasteiger partial charge in [0, 0.05) is 6.42 Å². The summed E-state index contributed by atoms with van der Waals surface area (Å²) in [7, 11) is 0. The molecular weight excluding hydrogens is 158 g/mol. The minimum Gasteiger partial charge on any atom is -0.211 e. The third-order valence-electron chi connectivity index (χ3n) is 1.92. The predicted octanol–water partition coefficient (Wildman–Crippen LogP) is 4.21. The number of unbranched alkanes of at least 4 members (excludes halogenated alkanes) is 6. The first-order chi connectivity index (χ1) is 5.77. The molecule has 73 valence electrons. The van der Waals surface area contributed by atoms with E-state index in [-0.39, 0.29) is 6.42 Å². The largest absolute Gasteiger partial charge is 0.238 e. The molecule has 0 aromatic heterocycles. The monoisotopic (exact) mass is 177 g/mol.